The maximum Gasteiger partial charge on any atom is 0.130 e. The third kappa shape index (κ3) is 2.22. The van der Waals surface area contributed by atoms with Crippen molar-refractivity contribution >= 4 is 5.78 Å². The first-order valence-electron chi connectivity index (χ1n) is 3.73. The van der Waals surface area contributed by atoms with E-state index in [1.807, 2.05) is 19.1 Å². The smallest absolute Gasteiger partial charge is 0.130 e. The van der Waals surface area contributed by atoms with Crippen molar-refractivity contribution < 1.29 is 9.21 Å². The Bertz CT molecular complexity index is 224. The fourth-order valence-corrected chi connectivity index (χ4v) is 1.10. The third-order valence-corrected chi connectivity index (χ3v) is 1.62. The Kier molecular flexibility index (Phi) is 2.47. The van der Waals surface area contributed by atoms with E-state index >= 15 is 0 Å². The van der Waals surface area contributed by atoms with E-state index in [9.17, 15) is 4.79 Å². The van der Waals surface area contributed by atoms with Crippen molar-refractivity contribution in [1.29, 1.82) is 0 Å². The molecule has 0 spiro atoms. The van der Waals surface area contributed by atoms with Crippen molar-refractivity contribution in [2.24, 2.45) is 0 Å². The van der Waals surface area contributed by atoms with Gasteiger partial charge in [-0.3, -0.25) is 0 Å². The Morgan fingerprint density at radius 2 is 2.45 bits per heavy atom. The summed E-state index contributed by atoms with van der Waals surface area (Å²) < 4.78 is 5.14. The molecule has 0 unspecified atom stereocenters. The Labute approximate surface area is 66.2 Å². The first-order valence-corrected chi connectivity index (χ1v) is 3.73. The largest absolute Gasteiger partial charge is 0.469 e. The number of carbonyl (C=O) groups is 1. The van der Waals surface area contributed by atoms with Gasteiger partial charge in [-0.05, 0) is 19.1 Å². The van der Waals surface area contributed by atoms with Crippen LogP contribution >= 0.6 is 0 Å². The molecule has 0 fully saturated rings. The number of furan rings is 1. The second kappa shape index (κ2) is 3.37. The highest BCUT2D eigenvalue weighted by atomic mass is 16.3. The van der Waals surface area contributed by atoms with Gasteiger partial charge >= 0.3 is 0 Å². The molecule has 0 aliphatic heterocycles. The van der Waals surface area contributed by atoms with Crippen LogP contribution in [0.25, 0.3) is 0 Å². The predicted molar refractivity (Wildman–Crippen MR) is 42.4 cm³/mol. The summed E-state index contributed by atoms with van der Waals surface area (Å²) in [5.41, 5.74) is 0. The molecule has 60 valence electrons. The molecule has 0 radical (unpaired) electrons. The minimum atomic E-state index is 0.203. The van der Waals surface area contributed by atoms with Gasteiger partial charge in [-0.1, -0.05) is 6.92 Å². The van der Waals surface area contributed by atoms with Crippen molar-refractivity contribution in [3.05, 3.63) is 24.2 Å². The topological polar surface area (TPSA) is 30.2 Å². The lowest BCUT2D eigenvalue weighted by Crippen LogP contribution is -1.98. The van der Waals surface area contributed by atoms with E-state index in [0.717, 1.165) is 5.76 Å². The summed E-state index contributed by atoms with van der Waals surface area (Å²) in [5, 5.41) is 0. The van der Waals surface area contributed by atoms with Crippen LogP contribution in [0.3, 0.4) is 0 Å². The lowest BCUT2D eigenvalue weighted by Gasteiger charge is -2.03. The van der Waals surface area contributed by atoms with Gasteiger partial charge in [-0.2, -0.15) is 0 Å². The fourth-order valence-electron chi connectivity index (χ4n) is 1.10. The van der Waals surface area contributed by atoms with Gasteiger partial charge in [0.1, 0.15) is 11.5 Å². The van der Waals surface area contributed by atoms with Crippen molar-refractivity contribution in [2.45, 2.75) is 26.2 Å². The highest BCUT2D eigenvalue weighted by Gasteiger charge is 2.09. The molecule has 0 saturated carbocycles. The quantitative estimate of drug-likeness (QED) is 0.665. The molecule has 11 heavy (non-hydrogen) atoms. The van der Waals surface area contributed by atoms with Crippen LogP contribution in [0.5, 0.6) is 0 Å². The number of carbonyl (C=O) groups excluding carboxylic acids is 1. The SMILES string of the molecule is CC(=O)C[C@H](C)c1ccco1. The van der Waals surface area contributed by atoms with Crippen molar-refractivity contribution in [1.82, 2.24) is 0 Å². The summed E-state index contributed by atoms with van der Waals surface area (Å²) in [6.07, 6.45) is 2.19. The Morgan fingerprint density at radius 3 is 2.91 bits per heavy atom. The van der Waals surface area contributed by atoms with Gasteiger partial charge in [-0.25, -0.2) is 0 Å². The molecule has 1 rings (SSSR count). The molecule has 1 aromatic rings. The van der Waals surface area contributed by atoms with Crippen LogP contribution in [0.15, 0.2) is 22.8 Å². The molecule has 0 saturated heterocycles. The second-order valence-electron chi connectivity index (χ2n) is 2.82. The lowest BCUT2D eigenvalue weighted by atomic mass is 10.0. The number of hydrogen-bond donors (Lipinski definition) is 0. The standard InChI is InChI=1S/C9H12O2/c1-7(6-8(2)10)9-4-3-5-11-9/h3-5,7H,6H2,1-2H3/t7-/m0/s1. The van der Waals surface area contributed by atoms with E-state index in [4.69, 9.17) is 4.42 Å². The van der Waals surface area contributed by atoms with Gasteiger partial charge in [0.15, 0.2) is 0 Å². The maximum atomic E-state index is 10.7. The average Bonchev–Trinajstić information content (AvgIpc) is 2.35. The van der Waals surface area contributed by atoms with E-state index in [-0.39, 0.29) is 11.7 Å². The Morgan fingerprint density at radius 1 is 1.73 bits per heavy atom. The summed E-state index contributed by atoms with van der Waals surface area (Å²) in [6.45, 7) is 3.58. The van der Waals surface area contributed by atoms with Gasteiger partial charge in [0, 0.05) is 12.3 Å². The highest BCUT2D eigenvalue weighted by molar-refractivity contribution is 5.76. The molecule has 0 amide bonds. The van der Waals surface area contributed by atoms with Crippen LogP contribution in [0.4, 0.5) is 0 Å². The number of Topliss-reactive ketones (excluding diaryl/α,β-unsaturated/α-hetero) is 1. The Balaban J connectivity index is 2.56. The summed E-state index contributed by atoms with van der Waals surface area (Å²) in [7, 11) is 0. The van der Waals surface area contributed by atoms with E-state index in [1.54, 1.807) is 13.2 Å². The monoisotopic (exact) mass is 152 g/mol. The summed E-state index contributed by atoms with van der Waals surface area (Å²) in [5.74, 6) is 1.30. The first-order chi connectivity index (χ1) is 5.20. The normalized spacial score (nSPS) is 12.9. The molecule has 0 aliphatic carbocycles. The highest BCUT2D eigenvalue weighted by Crippen LogP contribution is 2.18. The zero-order valence-corrected chi connectivity index (χ0v) is 6.83. The zero-order chi connectivity index (χ0) is 8.27. The van der Waals surface area contributed by atoms with Gasteiger partial charge in [0.25, 0.3) is 0 Å². The molecule has 1 aromatic heterocycles. The summed E-state index contributed by atoms with van der Waals surface area (Å²) >= 11 is 0. The Hall–Kier alpha value is -1.05. The van der Waals surface area contributed by atoms with Gasteiger partial charge < -0.3 is 9.21 Å². The van der Waals surface area contributed by atoms with E-state index in [0.29, 0.717) is 6.42 Å². The molecule has 1 atom stereocenters. The van der Waals surface area contributed by atoms with Crippen molar-refractivity contribution in [3.63, 3.8) is 0 Å². The average molecular weight is 152 g/mol. The fraction of sp³-hybridized carbons (Fsp3) is 0.444. The zero-order valence-electron chi connectivity index (χ0n) is 6.83. The van der Waals surface area contributed by atoms with Crippen LogP contribution < -0.4 is 0 Å². The molecule has 0 aromatic carbocycles. The molecular formula is C9H12O2. The van der Waals surface area contributed by atoms with Crippen LogP contribution in [-0.2, 0) is 4.79 Å². The second-order valence-corrected chi connectivity index (χ2v) is 2.82. The summed E-state index contributed by atoms with van der Waals surface area (Å²) in [4.78, 5) is 10.7. The van der Waals surface area contributed by atoms with Crippen molar-refractivity contribution in [2.75, 3.05) is 0 Å². The van der Waals surface area contributed by atoms with E-state index in [1.165, 1.54) is 0 Å². The minimum Gasteiger partial charge on any atom is -0.469 e. The van der Waals surface area contributed by atoms with Gasteiger partial charge in [0.05, 0.1) is 6.26 Å². The molecule has 2 heteroatoms. The van der Waals surface area contributed by atoms with Crippen LogP contribution in [-0.4, -0.2) is 5.78 Å². The lowest BCUT2D eigenvalue weighted by molar-refractivity contribution is -0.117. The molecule has 0 aliphatic rings. The predicted octanol–water partition coefficient (Wildman–Crippen LogP) is 2.36. The number of ketones is 1. The third-order valence-electron chi connectivity index (χ3n) is 1.62. The molecule has 0 bridgehead atoms. The number of rotatable bonds is 3. The van der Waals surface area contributed by atoms with Crippen molar-refractivity contribution in [3.8, 4) is 0 Å². The summed E-state index contributed by atoms with van der Waals surface area (Å²) in [6, 6.07) is 3.74. The van der Waals surface area contributed by atoms with E-state index < -0.39 is 0 Å². The maximum absolute atomic E-state index is 10.7. The molecule has 0 N–H and O–H groups in total. The van der Waals surface area contributed by atoms with Gasteiger partial charge in [-0.15, -0.1) is 0 Å². The molecule has 1 heterocycles. The molecule has 2 nitrogen and oxygen atoms in total. The van der Waals surface area contributed by atoms with E-state index in [2.05, 4.69) is 0 Å². The molecular weight excluding hydrogens is 140 g/mol. The van der Waals surface area contributed by atoms with Crippen LogP contribution in [0.1, 0.15) is 31.9 Å². The van der Waals surface area contributed by atoms with Gasteiger partial charge in [0.2, 0.25) is 0 Å². The number of hydrogen-bond acceptors (Lipinski definition) is 2. The minimum absolute atomic E-state index is 0.203. The first kappa shape index (κ1) is 8.05. The van der Waals surface area contributed by atoms with Crippen LogP contribution in [0, 0.1) is 0 Å². The van der Waals surface area contributed by atoms with Crippen LogP contribution in [0.2, 0.25) is 0 Å².